The van der Waals surface area contributed by atoms with Gasteiger partial charge in [-0.3, -0.25) is 9.36 Å². The Balaban J connectivity index is 1.35. The number of fused-ring (bicyclic) bond motifs is 1. The molecule has 5 aromatic rings. The van der Waals surface area contributed by atoms with Gasteiger partial charge in [-0.2, -0.15) is 0 Å². The van der Waals surface area contributed by atoms with E-state index in [-0.39, 0.29) is 5.56 Å². The molecule has 0 saturated heterocycles. The zero-order valence-electron chi connectivity index (χ0n) is 20.2. The summed E-state index contributed by atoms with van der Waals surface area (Å²) in [5, 5.41) is 1.37. The van der Waals surface area contributed by atoms with Crippen LogP contribution in [0.1, 0.15) is 0 Å². The lowest BCUT2D eigenvalue weighted by Crippen LogP contribution is -2.23. The predicted molar refractivity (Wildman–Crippen MR) is 152 cm³/mol. The summed E-state index contributed by atoms with van der Waals surface area (Å²) in [5.41, 5.74) is 3.19. The van der Waals surface area contributed by atoms with Gasteiger partial charge in [0.15, 0.2) is 11.5 Å². The maximum Gasteiger partial charge on any atom is 0.275 e. The van der Waals surface area contributed by atoms with Crippen LogP contribution in [0, 0.1) is 0 Å². The maximum absolute atomic E-state index is 13.3. The summed E-state index contributed by atoms with van der Waals surface area (Å²) in [6.07, 6.45) is 1.54. The quantitative estimate of drug-likeness (QED) is 0.209. The highest BCUT2D eigenvalue weighted by Gasteiger charge is 2.14. The molecule has 6 nitrogen and oxygen atoms in total. The molecule has 37 heavy (non-hydrogen) atoms. The Bertz CT molecular complexity index is 1600. The first-order chi connectivity index (χ1) is 17.9. The number of aromatic nitrogens is 2. The van der Waals surface area contributed by atoms with Crippen LogP contribution in [0.4, 0.5) is 5.69 Å². The molecule has 0 saturated carbocycles. The fourth-order valence-corrected chi connectivity index (χ4v) is 5.19. The molecule has 0 radical (unpaired) electrons. The standard InChI is InChI=1S/C28H23Cl2N3O3S/c1-32(21-9-7-20(30)8-10-21)13-14-36-24-12-11-22(15-25(24)35-2)33-17-31-23-16-26(37-27(23)28(33)34)18-3-5-19(29)6-4-18/h3-12,15-17H,13-14H2,1-2H3. The molecule has 0 aliphatic carbocycles. The molecule has 5 rings (SSSR count). The third kappa shape index (κ3) is 5.44. The van der Waals surface area contributed by atoms with Gasteiger partial charge in [0.1, 0.15) is 17.6 Å². The van der Waals surface area contributed by atoms with Crippen molar-refractivity contribution in [3.63, 3.8) is 0 Å². The van der Waals surface area contributed by atoms with Gasteiger partial charge in [-0.1, -0.05) is 35.3 Å². The molecular formula is C28H23Cl2N3O3S. The molecule has 2 heterocycles. The number of nitrogens with zero attached hydrogens (tertiary/aromatic N) is 3. The van der Waals surface area contributed by atoms with Crippen LogP contribution in [-0.4, -0.2) is 36.9 Å². The van der Waals surface area contributed by atoms with Crippen LogP contribution >= 0.6 is 34.5 Å². The number of methoxy groups -OCH3 is 1. The smallest absolute Gasteiger partial charge is 0.275 e. The van der Waals surface area contributed by atoms with Crippen molar-refractivity contribution >= 4 is 50.4 Å². The predicted octanol–water partition coefficient (Wildman–Crippen LogP) is 6.94. The Hall–Kier alpha value is -3.52. The first kappa shape index (κ1) is 25.1. The van der Waals surface area contributed by atoms with E-state index in [0.29, 0.717) is 50.6 Å². The molecule has 0 spiro atoms. The fraction of sp³-hybridized carbons (Fsp3) is 0.143. The number of rotatable bonds is 8. The van der Waals surface area contributed by atoms with E-state index in [9.17, 15) is 4.79 Å². The van der Waals surface area contributed by atoms with Crippen molar-refractivity contribution in [1.82, 2.24) is 9.55 Å². The second-order valence-corrected chi connectivity index (χ2v) is 10.3. The van der Waals surface area contributed by atoms with Crippen molar-refractivity contribution in [3.05, 3.63) is 99.5 Å². The average Bonchev–Trinajstić information content (AvgIpc) is 3.35. The van der Waals surface area contributed by atoms with Crippen molar-refractivity contribution in [2.45, 2.75) is 0 Å². The van der Waals surface area contributed by atoms with Crippen LogP contribution in [0.3, 0.4) is 0 Å². The molecular weight excluding hydrogens is 529 g/mol. The SMILES string of the molecule is COc1cc(-n2cnc3cc(-c4ccc(Cl)cc4)sc3c2=O)ccc1OCCN(C)c1ccc(Cl)cc1. The van der Waals surface area contributed by atoms with Gasteiger partial charge < -0.3 is 14.4 Å². The van der Waals surface area contributed by atoms with Crippen LogP contribution < -0.4 is 19.9 Å². The van der Waals surface area contributed by atoms with Crippen molar-refractivity contribution < 1.29 is 9.47 Å². The van der Waals surface area contributed by atoms with Crippen LogP contribution in [0.2, 0.25) is 10.0 Å². The Labute approximate surface area is 228 Å². The molecule has 0 bridgehead atoms. The zero-order valence-corrected chi connectivity index (χ0v) is 22.5. The molecule has 0 aliphatic heterocycles. The second kappa shape index (κ2) is 10.8. The monoisotopic (exact) mass is 551 g/mol. The number of likely N-dealkylation sites (N-methyl/N-ethyl adjacent to an activating group) is 1. The Morgan fingerprint density at radius 2 is 1.65 bits per heavy atom. The zero-order chi connectivity index (χ0) is 25.9. The molecule has 0 aliphatic rings. The number of hydrogen-bond acceptors (Lipinski definition) is 6. The molecule has 0 N–H and O–H groups in total. The fourth-order valence-electron chi connectivity index (χ4n) is 3.90. The lowest BCUT2D eigenvalue weighted by Gasteiger charge is -2.20. The molecule has 0 amide bonds. The summed E-state index contributed by atoms with van der Waals surface area (Å²) >= 11 is 13.4. The molecule has 9 heteroatoms. The summed E-state index contributed by atoms with van der Waals surface area (Å²) in [6, 6.07) is 22.5. The van der Waals surface area contributed by atoms with E-state index in [2.05, 4.69) is 9.88 Å². The minimum atomic E-state index is -0.143. The van der Waals surface area contributed by atoms with Crippen LogP contribution in [0.25, 0.3) is 26.3 Å². The van der Waals surface area contributed by atoms with Gasteiger partial charge in [-0.25, -0.2) is 4.98 Å². The van der Waals surface area contributed by atoms with Crippen molar-refractivity contribution in [2.75, 3.05) is 32.2 Å². The highest BCUT2D eigenvalue weighted by atomic mass is 35.5. The van der Waals surface area contributed by atoms with Gasteiger partial charge in [0.25, 0.3) is 5.56 Å². The van der Waals surface area contributed by atoms with Gasteiger partial charge in [0.2, 0.25) is 0 Å². The Kier molecular flexibility index (Phi) is 7.37. The van der Waals surface area contributed by atoms with Crippen LogP contribution in [0.15, 0.2) is 83.9 Å². The van der Waals surface area contributed by atoms with E-state index >= 15 is 0 Å². The van der Waals surface area contributed by atoms with Gasteiger partial charge in [0, 0.05) is 33.7 Å². The Morgan fingerprint density at radius 1 is 0.946 bits per heavy atom. The van der Waals surface area contributed by atoms with Gasteiger partial charge in [-0.05, 0) is 60.2 Å². The van der Waals surface area contributed by atoms with Crippen LogP contribution in [-0.2, 0) is 0 Å². The number of anilines is 1. The summed E-state index contributed by atoms with van der Waals surface area (Å²) in [7, 11) is 3.57. The van der Waals surface area contributed by atoms with Crippen LogP contribution in [0.5, 0.6) is 11.5 Å². The topological polar surface area (TPSA) is 56.6 Å². The third-order valence-corrected chi connectivity index (χ3v) is 7.61. The largest absolute Gasteiger partial charge is 0.493 e. The first-order valence-electron chi connectivity index (χ1n) is 11.5. The summed E-state index contributed by atoms with van der Waals surface area (Å²) in [5.74, 6) is 1.13. The van der Waals surface area contributed by atoms with Gasteiger partial charge in [0.05, 0.1) is 24.9 Å². The van der Waals surface area contributed by atoms with E-state index in [0.717, 1.165) is 16.1 Å². The van der Waals surface area contributed by atoms with E-state index in [1.807, 2.05) is 67.7 Å². The summed E-state index contributed by atoms with van der Waals surface area (Å²) in [6.45, 7) is 1.12. The number of hydrogen-bond donors (Lipinski definition) is 0. The average molecular weight is 552 g/mol. The minimum absolute atomic E-state index is 0.143. The lowest BCUT2D eigenvalue weighted by molar-refractivity contribution is 0.301. The van der Waals surface area contributed by atoms with Crippen molar-refractivity contribution in [1.29, 1.82) is 0 Å². The molecule has 0 unspecified atom stereocenters. The summed E-state index contributed by atoms with van der Waals surface area (Å²) in [4.78, 5) is 20.9. The molecule has 3 aromatic carbocycles. The van der Waals surface area contributed by atoms with Crippen molar-refractivity contribution in [3.8, 4) is 27.6 Å². The number of benzene rings is 3. The van der Waals surface area contributed by atoms with E-state index < -0.39 is 0 Å². The van der Waals surface area contributed by atoms with Gasteiger partial charge >= 0.3 is 0 Å². The molecule has 2 aromatic heterocycles. The molecule has 0 fully saturated rings. The van der Waals surface area contributed by atoms with E-state index in [1.165, 1.54) is 15.9 Å². The number of thiophene rings is 1. The third-order valence-electron chi connectivity index (χ3n) is 5.94. The van der Waals surface area contributed by atoms with Crippen molar-refractivity contribution in [2.24, 2.45) is 0 Å². The number of ether oxygens (including phenoxy) is 2. The maximum atomic E-state index is 13.3. The van der Waals surface area contributed by atoms with E-state index in [1.54, 1.807) is 25.6 Å². The lowest BCUT2D eigenvalue weighted by atomic mass is 10.2. The highest BCUT2D eigenvalue weighted by Crippen LogP contribution is 2.33. The highest BCUT2D eigenvalue weighted by molar-refractivity contribution is 7.22. The van der Waals surface area contributed by atoms with E-state index in [4.69, 9.17) is 32.7 Å². The summed E-state index contributed by atoms with van der Waals surface area (Å²) < 4.78 is 13.7. The normalized spacial score (nSPS) is 11.0. The number of halogens is 2. The first-order valence-corrected chi connectivity index (χ1v) is 13.1. The second-order valence-electron chi connectivity index (χ2n) is 8.33. The van der Waals surface area contributed by atoms with Gasteiger partial charge in [-0.15, -0.1) is 11.3 Å². The molecule has 0 atom stereocenters. The minimum Gasteiger partial charge on any atom is -0.493 e. The molecule has 188 valence electrons. The Morgan fingerprint density at radius 3 is 2.35 bits per heavy atom.